The van der Waals surface area contributed by atoms with Gasteiger partial charge >= 0.3 is 6.09 Å². The molecule has 0 radical (unpaired) electrons. The molecule has 0 bridgehead atoms. The standard InChI is InChI=1S/C19H37N3O3/c1-14(16(23)20-18(2,3)4)22-11-9-10-15(13-22)12-21(8)17(24)25-19(5,6)7/h14-15H,9-13H2,1-8H3,(H,20,23)/t14-,15+/m1/s1. The first kappa shape index (κ1) is 21.7. The highest BCUT2D eigenvalue weighted by molar-refractivity contribution is 5.82. The van der Waals surface area contributed by atoms with Crippen LogP contribution in [-0.2, 0) is 9.53 Å². The van der Waals surface area contributed by atoms with Gasteiger partial charge in [0.15, 0.2) is 0 Å². The molecule has 1 fully saturated rings. The number of rotatable bonds is 4. The van der Waals surface area contributed by atoms with E-state index >= 15 is 0 Å². The van der Waals surface area contributed by atoms with Gasteiger partial charge in [-0.2, -0.15) is 0 Å². The van der Waals surface area contributed by atoms with Gasteiger partial charge in [-0.05, 0) is 73.8 Å². The van der Waals surface area contributed by atoms with E-state index in [-0.39, 0.29) is 23.6 Å². The minimum atomic E-state index is -0.483. The average molecular weight is 356 g/mol. The lowest BCUT2D eigenvalue weighted by atomic mass is 9.96. The van der Waals surface area contributed by atoms with Gasteiger partial charge in [0.1, 0.15) is 5.60 Å². The van der Waals surface area contributed by atoms with Gasteiger partial charge in [0.2, 0.25) is 5.91 Å². The molecule has 2 amide bonds. The lowest BCUT2D eigenvalue weighted by Crippen LogP contribution is -2.54. The summed E-state index contributed by atoms with van der Waals surface area (Å²) < 4.78 is 5.42. The lowest BCUT2D eigenvalue weighted by molar-refractivity contribution is -0.128. The number of carbonyl (C=O) groups is 2. The SMILES string of the molecule is C[C@H](C(=O)NC(C)(C)C)N1CCC[C@@H](CN(C)C(=O)OC(C)(C)C)C1. The smallest absolute Gasteiger partial charge is 0.410 e. The summed E-state index contributed by atoms with van der Waals surface area (Å²) in [6.07, 6.45) is 1.82. The second-order valence-corrected chi connectivity index (χ2v) is 9.28. The Morgan fingerprint density at radius 1 is 1.24 bits per heavy atom. The van der Waals surface area contributed by atoms with E-state index in [2.05, 4.69) is 10.2 Å². The molecule has 0 aliphatic carbocycles. The second kappa shape index (κ2) is 8.39. The summed E-state index contributed by atoms with van der Waals surface area (Å²) in [6, 6.07) is -0.158. The number of carbonyl (C=O) groups excluding carboxylic acids is 2. The molecule has 1 aliphatic heterocycles. The molecule has 0 aromatic heterocycles. The first-order valence-electron chi connectivity index (χ1n) is 9.28. The molecule has 6 nitrogen and oxygen atoms in total. The third-order valence-corrected chi connectivity index (χ3v) is 4.21. The van der Waals surface area contributed by atoms with Gasteiger partial charge in [-0.25, -0.2) is 4.79 Å². The Morgan fingerprint density at radius 3 is 2.36 bits per heavy atom. The van der Waals surface area contributed by atoms with Gasteiger partial charge in [-0.1, -0.05) is 0 Å². The van der Waals surface area contributed by atoms with E-state index in [1.54, 1.807) is 11.9 Å². The fraction of sp³-hybridized carbons (Fsp3) is 0.895. The van der Waals surface area contributed by atoms with Gasteiger partial charge in [0, 0.05) is 25.7 Å². The Hall–Kier alpha value is -1.30. The third kappa shape index (κ3) is 8.08. The van der Waals surface area contributed by atoms with Crippen LogP contribution in [0.1, 0.15) is 61.3 Å². The van der Waals surface area contributed by atoms with Crippen molar-refractivity contribution in [1.82, 2.24) is 15.1 Å². The fourth-order valence-electron chi connectivity index (χ4n) is 3.04. The first-order chi connectivity index (χ1) is 11.3. The van der Waals surface area contributed by atoms with Crippen molar-refractivity contribution in [1.29, 1.82) is 0 Å². The van der Waals surface area contributed by atoms with Crippen LogP contribution in [0, 0.1) is 5.92 Å². The summed E-state index contributed by atoms with van der Waals surface area (Å²) in [5.41, 5.74) is -0.707. The number of hydrogen-bond acceptors (Lipinski definition) is 4. The highest BCUT2D eigenvalue weighted by atomic mass is 16.6. The van der Waals surface area contributed by atoms with E-state index in [4.69, 9.17) is 4.74 Å². The number of piperidine rings is 1. The van der Waals surface area contributed by atoms with Crippen molar-refractivity contribution in [3.8, 4) is 0 Å². The molecule has 1 aliphatic rings. The van der Waals surface area contributed by atoms with Gasteiger partial charge in [-0.15, -0.1) is 0 Å². The minimum Gasteiger partial charge on any atom is -0.444 e. The number of nitrogens with zero attached hydrogens (tertiary/aromatic N) is 2. The van der Waals surface area contributed by atoms with Gasteiger partial charge in [0.05, 0.1) is 6.04 Å². The maximum atomic E-state index is 12.4. The van der Waals surface area contributed by atoms with E-state index in [0.29, 0.717) is 12.5 Å². The minimum absolute atomic E-state index is 0.0636. The zero-order valence-corrected chi connectivity index (χ0v) is 17.3. The largest absolute Gasteiger partial charge is 0.444 e. The highest BCUT2D eigenvalue weighted by Crippen LogP contribution is 2.20. The molecule has 1 saturated heterocycles. The van der Waals surface area contributed by atoms with Crippen molar-refractivity contribution in [3.63, 3.8) is 0 Å². The monoisotopic (exact) mass is 355 g/mol. The van der Waals surface area contributed by atoms with Gasteiger partial charge in [0.25, 0.3) is 0 Å². The van der Waals surface area contributed by atoms with E-state index in [9.17, 15) is 9.59 Å². The van der Waals surface area contributed by atoms with Gasteiger partial charge < -0.3 is 15.0 Å². The molecule has 1 heterocycles. The Kier molecular flexibility index (Phi) is 7.29. The van der Waals surface area contributed by atoms with E-state index in [1.165, 1.54) is 0 Å². The van der Waals surface area contributed by atoms with Gasteiger partial charge in [-0.3, -0.25) is 9.69 Å². The molecule has 0 spiro atoms. The molecule has 6 heteroatoms. The van der Waals surface area contributed by atoms with Crippen LogP contribution < -0.4 is 5.32 Å². The van der Waals surface area contributed by atoms with Crippen LogP contribution in [0.15, 0.2) is 0 Å². The highest BCUT2D eigenvalue weighted by Gasteiger charge is 2.30. The molecule has 0 aromatic carbocycles. The van der Waals surface area contributed by atoms with Crippen LogP contribution >= 0.6 is 0 Å². The summed E-state index contributed by atoms with van der Waals surface area (Å²) in [5, 5.41) is 3.05. The molecule has 0 unspecified atom stereocenters. The van der Waals surface area contributed by atoms with Crippen LogP contribution in [0.3, 0.4) is 0 Å². The maximum Gasteiger partial charge on any atom is 0.410 e. The predicted molar refractivity (Wildman–Crippen MR) is 101 cm³/mol. The number of likely N-dealkylation sites (tertiary alicyclic amines) is 1. The first-order valence-corrected chi connectivity index (χ1v) is 9.28. The molecule has 1 rings (SSSR count). The zero-order valence-electron chi connectivity index (χ0n) is 17.3. The summed E-state index contributed by atoms with van der Waals surface area (Å²) >= 11 is 0. The number of nitrogens with one attached hydrogen (secondary N) is 1. The summed E-state index contributed by atoms with van der Waals surface area (Å²) in [5.74, 6) is 0.421. The molecule has 2 atom stereocenters. The average Bonchev–Trinajstić information content (AvgIpc) is 2.43. The summed E-state index contributed by atoms with van der Waals surface area (Å²) in [6.45, 7) is 16.0. The molecule has 25 heavy (non-hydrogen) atoms. The van der Waals surface area contributed by atoms with Crippen molar-refractivity contribution in [3.05, 3.63) is 0 Å². The second-order valence-electron chi connectivity index (χ2n) is 9.28. The van der Waals surface area contributed by atoms with Crippen molar-refractivity contribution in [2.75, 3.05) is 26.7 Å². The van der Waals surface area contributed by atoms with Crippen LogP contribution in [0.5, 0.6) is 0 Å². The molecule has 1 N–H and O–H groups in total. The van der Waals surface area contributed by atoms with Crippen molar-refractivity contribution in [2.45, 2.75) is 78.5 Å². The van der Waals surface area contributed by atoms with Crippen molar-refractivity contribution < 1.29 is 14.3 Å². The van der Waals surface area contributed by atoms with E-state index < -0.39 is 5.60 Å². The summed E-state index contributed by atoms with van der Waals surface area (Å²) in [4.78, 5) is 28.4. The van der Waals surface area contributed by atoms with Crippen molar-refractivity contribution >= 4 is 12.0 Å². The topological polar surface area (TPSA) is 61.9 Å². The Bertz CT molecular complexity index is 466. The molecule has 146 valence electrons. The predicted octanol–water partition coefficient (Wildman–Crippen LogP) is 2.87. The van der Waals surface area contributed by atoms with E-state index in [1.807, 2.05) is 48.5 Å². The molecule has 0 aromatic rings. The fourth-order valence-corrected chi connectivity index (χ4v) is 3.04. The molecular weight excluding hydrogens is 318 g/mol. The Morgan fingerprint density at radius 2 is 1.84 bits per heavy atom. The normalized spacial score (nSPS) is 20.7. The molecule has 0 saturated carbocycles. The lowest BCUT2D eigenvalue weighted by Gasteiger charge is -2.38. The Labute approximate surface area is 153 Å². The van der Waals surface area contributed by atoms with Crippen LogP contribution in [0.2, 0.25) is 0 Å². The van der Waals surface area contributed by atoms with E-state index in [0.717, 1.165) is 25.9 Å². The number of ether oxygens (including phenoxy) is 1. The molecular formula is C19H37N3O3. The third-order valence-electron chi connectivity index (χ3n) is 4.21. The van der Waals surface area contributed by atoms with Crippen molar-refractivity contribution in [2.24, 2.45) is 5.92 Å². The number of hydrogen-bond donors (Lipinski definition) is 1. The zero-order chi connectivity index (χ0) is 19.4. The van der Waals surface area contributed by atoms with Crippen LogP contribution in [-0.4, -0.2) is 65.7 Å². The van der Waals surface area contributed by atoms with Crippen LogP contribution in [0.4, 0.5) is 4.79 Å². The maximum absolute atomic E-state index is 12.4. The number of amides is 2. The Balaban J connectivity index is 2.56. The summed E-state index contributed by atoms with van der Waals surface area (Å²) in [7, 11) is 1.78. The quantitative estimate of drug-likeness (QED) is 0.842. The van der Waals surface area contributed by atoms with Crippen LogP contribution in [0.25, 0.3) is 0 Å².